The number of hydrogen-bond donors (Lipinski definition) is 2. The number of nitro benzene ring substituents is 1. The van der Waals surface area contributed by atoms with E-state index in [1.165, 1.54) is 0 Å². The molecule has 1 aromatic carbocycles. The summed E-state index contributed by atoms with van der Waals surface area (Å²) in [4.78, 5) is 20.4. The fraction of sp³-hybridized carbons (Fsp3) is 0.300. The zero-order chi connectivity index (χ0) is 14.6. The van der Waals surface area contributed by atoms with Gasteiger partial charge in [-0.1, -0.05) is 0 Å². The number of rotatable bonds is 6. The van der Waals surface area contributed by atoms with E-state index in [0.29, 0.717) is 0 Å². The molecule has 0 aromatic heterocycles. The minimum Gasteiger partial charge on any atom is -0.480 e. The molecule has 0 aliphatic heterocycles. The molecule has 0 aliphatic carbocycles. The van der Waals surface area contributed by atoms with Crippen molar-refractivity contribution in [3.8, 4) is 0 Å². The van der Waals surface area contributed by atoms with Crippen LogP contribution >= 0.6 is 0 Å². The smallest absolute Gasteiger partial charge is 0.322 e. The first kappa shape index (κ1) is 15.1. The molecular weight excluding hydrogens is 276 g/mol. The highest BCUT2D eigenvalue weighted by molar-refractivity contribution is 7.92. The lowest BCUT2D eigenvalue weighted by molar-refractivity contribution is -0.384. The predicted molar refractivity (Wildman–Crippen MR) is 65.4 cm³/mol. The van der Waals surface area contributed by atoms with Crippen LogP contribution in [0.5, 0.6) is 0 Å². The molecule has 9 heteroatoms. The number of benzene rings is 1. The van der Waals surface area contributed by atoms with Gasteiger partial charge in [0.2, 0.25) is 0 Å². The van der Waals surface area contributed by atoms with Crippen LogP contribution < -0.4 is 5.73 Å². The summed E-state index contributed by atoms with van der Waals surface area (Å²) in [6, 6.07) is 4.04. The topological polar surface area (TPSA) is 141 Å². The number of carbonyl (C=O) groups is 1. The maximum absolute atomic E-state index is 12.0. The Morgan fingerprint density at radius 2 is 1.89 bits per heavy atom. The van der Waals surface area contributed by atoms with Gasteiger partial charge in [-0.15, -0.1) is 0 Å². The van der Waals surface area contributed by atoms with E-state index in [1.54, 1.807) is 0 Å². The minimum atomic E-state index is -4.11. The zero-order valence-electron chi connectivity index (χ0n) is 9.72. The lowest BCUT2D eigenvalue weighted by Gasteiger charge is -2.12. The molecule has 1 rings (SSSR count). The first-order chi connectivity index (χ1) is 8.80. The third-order valence-electron chi connectivity index (χ3n) is 2.45. The Morgan fingerprint density at radius 1 is 1.37 bits per heavy atom. The minimum absolute atomic E-state index is 0.0941. The van der Waals surface area contributed by atoms with Crippen molar-refractivity contribution < 1.29 is 23.2 Å². The first-order valence-corrected chi connectivity index (χ1v) is 6.76. The Bertz CT molecular complexity index is 581. The van der Waals surface area contributed by atoms with E-state index in [2.05, 4.69) is 0 Å². The van der Waals surface area contributed by atoms with Gasteiger partial charge in [-0.3, -0.25) is 14.9 Å². The first-order valence-electron chi connectivity index (χ1n) is 5.22. The van der Waals surface area contributed by atoms with Gasteiger partial charge in [0.25, 0.3) is 5.69 Å². The van der Waals surface area contributed by atoms with Gasteiger partial charge in [0.05, 0.1) is 9.82 Å². The number of carboxylic acids is 1. The Labute approximate surface area is 108 Å². The fourth-order valence-corrected chi connectivity index (χ4v) is 3.04. The molecule has 8 nitrogen and oxygen atoms in total. The van der Waals surface area contributed by atoms with Gasteiger partial charge in [0.1, 0.15) is 0 Å². The van der Waals surface area contributed by atoms with E-state index < -0.39 is 26.0 Å². The van der Waals surface area contributed by atoms with Crippen molar-refractivity contribution >= 4 is 21.5 Å². The van der Waals surface area contributed by atoms with Crippen LogP contribution in [-0.2, 0) is 14.6 Å². The van der Waals surface area contributed by atoms with E-state index in [9.17, 15) is 23.3 Å². The second-order valence-corrected chi connectivity index (χ2v) is 5.83. The molecule has 0 radical (unpaired) electrons. The summed E-state index contributed by atoms with van der Waals surface area (Å²) < 4.78 is 24.1. The molecule has 0 aliphatic rings. The normalized spacial score (nSPS) is 12.9. The van der Waals surface area contributed by atoms with Crippen molar-refractivity contribution in [1.82, 2.24) is 0 Å². The molecule has 0 saturated heterocycles. The number of non-ortho nitro benzene ring substituents is 1. The Hall–Kier alpha value is -2.00. The summed E-state index contributed by atoms with van der Waals surface area (Å²) in [6.07, 6.45) is -0.228. The average molecular weight is 288 g/mol. The molecule has 104 valence electrons. The Balaban J connectivity index is 3.18. The van der Waals surface area contributed by atoms with Crippen molar-refractivity contribution in [3.05, 3.63) is 34.4 Å². The third-order valence-corrected chi connectivity index (χ3v) is 4.57. The van der Waals surface area contributed by atoms with E-state index >= 15 is 0 Å². The molecule has 19 heavy (non-hydrogen) atoms. The number of sulfone groups is 1. The average Bonchev–Trinajstić information content (AvgIpc) is 2.35. The largest absolute Gasteiger partial charge is 0.480 e. The molecule has 0 heterocycles. The number of hydrogen-bond acceptors (Lipinski definition) is 6. The van der Waals surface area contributed by atoms with Crippen LogP contribution in [0.1, 0.15) is 6.42 Å². The fourth-order valence-electron chi connectivity index (χ4n) is 1.48. The molecule has 0 amide bonds. The maximum Gasteiger partial charge on any atom is 0.322 e. The van der Waals surface area contributed by atoms with Crippen LogP contribution in [0.4, 0.5) is 5.69 Å². The molecular formula is C10H12N2O6S. The van der Waals surface area contributed by atoms with Crippen LogP contribution in [0.25, 0.3) is 0 Å². The number of aliphatic carboxylic acids is 1. The highest BCUT2D eigenvalue weighted by Crippen LogP contribution is 2.21. The van der Waals surface area contributed by atoms with E-state index in [4.69, 9.17) is 10.8 Å². The summed E-state index contributed by atoms with van der Waals surface area (Å²) in [5, 5.41) is 17.7. The van der Waals surface area contributed by atoms with Crippen molar-refractivity contribution in [2.75, 3.05) is 6.54 Å². The summed E-state index contributed by atoms with van der Waals surface area (Å²) in [6.45, 7) is -0.0941. The van der Waals surface area contributed by atoms with E-state index in [-0.39, 0.29) is 23.5 Å². The van der Waals surface area contributed by atoms with Gasteiger partial charge >= 0.3 is 5.97 Å². The van der Waals surface area contributed by atoms with Crippen LogP contribution in [0.15, 0.2) is 29.2 Å². The standard InChI is InChI=1S/C10H12N2O6S/c11-6-5-9(10(13)14)19(17,18)8-3-1-7(2-4-8)12(15)16/h1-4,9H,5-6,11H2,(H,13,14). The van der Waals surface area contributed by atoms with Gasteiger partial charge in [-0.25, -0.2) is 8.42 Å². The van der Waals surface area contributed by atoms with Crippen LogP contribution in [0.3, 0.4) is 0 Å². The molecule has 0 spiro atoms. The predicted octanol–water partition coefficient (Wildman–Crippen LogP) is 0.171. The molecule has 0 fully saturated rings. The van der Waals surface area contributed by atoms with Crippen LogP contribution in [0, 0.1) is 10.1 Å². The van der Waals surface area contributed by atoms with Crippen LogP contribution in [0.2, 0.25) is 0 Å². The summed E-state index contributed by atoms with van der Waals surface area (Å²) in [5.41, 5.74) is 4.92. The van der Waals surface area contributed by atoms with Gasteiger partial charge in [0.15, 0.2) is 15.1 Å². The summed E-state index contributed by atoms with van der Waals surface area (Å²) in [5.74, 6) is -1.50. The summed E-state index contributed by atoms with van der Waals surface area (Å²) >= 11 is 0. The van der Waals surface area contributed by atoms with E-state index in [0.717, 1.165) is 24.3 Å². The highest BCUT2D eigenvalue weighted by atomic mass is 32.2. The monoisotopic (exact) mass is 288 g/mol. The molecule has 1 aromatic rings. The lowest BCUT2D eigenvalue weighted by atomic mass is 10.3. The molecule has 3 N–H and O–H groups in total. The molecule has 0 saturated carbocycles. The van der Waals surface area contributed by atoms with Gasteiger partial charge < -0.3 is 10.8 Å². The van der Waals surface area contributed by atoms with Gasteiger partial charge in [-0.2, -0.15) is 0 Å². The SMILES string of the molecule is NCCC(C(=O)O)S(=O)(=O)c1ccc([N+](=O)[O-])cc1. The maximum atomic E-state index is 12.0. The lowest BCUT2D eigenvalue weighted by Crippen LogP contribution is -2.32. The Kier molecular flexibility index (Phi) is 4.57. The molecule has 1 unspecified atom stereocenters. The van der Waals surface area contributed by atoms with Crippen molar-refractivity contribution in [3.63, 3.8) is 0 Å². The third kappa shape index (κ3) is 3.26. The van der Waals surface area contributed by atoms with Gasteiger partial charge in [0, 0.05) is 12.1 Å². The number of nitrogens with two attached hydrogens (primary N) is 1. The second-order valence-electron chi connectivity index (χ2n) is 3.70. The zero-order valence-corrected chi connectivity index (χ0v) is 10.5. The molecule has 0 bridgehead atoms. The molecule has 1 atom stereocenters. The summed E-state index contributed by atoms with van der Waals surface area (Å²) in [7, 11) is -4.11. The van der Waals surface area contributed by atoms with Crippen molar-refractivity contribution in [1.29, 1.82) is 0 Å². The number of nitro groups is 1. The van der Waals surface area contributed by atoms with E-state index in [1.807, 2.05) is 0 Å². The van der Waals surface area contributed by atoms with Gasteiger partial charge in [-0.05, 0) is 25.1 Å². The highest BCUT2D eigenvalue weighted by Gasteiger charge is 2.33. The van der Waals surface area contributed by atoms with Crippen molar-refractivity contribution in [2.24, 2.45) is 5.73 Å². The van der Waals surface area contributed by atoms with Crippen molar-refractivity contribution in [2.45, 2.75) is 16.6 Å². The number of nitrogens with zero attached hydrogens (tertiary/aromatic N) is 1. The van der Waals surface area contributed by atoms with Crippen LogP contribution in [-0.4, -0.2) is 36.2 Å². The quantitative estimate of drug-likeness (QED) is 0.561. The Morgan fingerprint density at radius 3 is 2.26 bits per heavy atom. The number of carboxylic acid groups (broad SMARTS) is 1. The second kappa shape index (κ2) is 5.76.